The Labute approximate surface area is 191 Å². The van der Waals surface area contributed by atoms with Gasteiger partial charge in [0, 0.05) is 29.6 Å². The van der Waals surface area contributed by atoms with Gasteiger partial charge in [0.05, 0.1) is 17.7 Å². The molecular weight excluding hydrogens is 424 g/mol. The summed E-state index contributed by atoms with van der Waals surface area (Å²) in [6.45, 7) is 3.77. The Bertz CT molecular complexity index is 1280. The number of rotatable bonds is 6. The Balaban J connectivity index is 1.60. The van der Waals surface area contributed by atoms with E-state index in [1.54, 1.807) is 4.90 Å². The van der Waals surface area contributed by atoms with E-state index in [0.29, 0.717) is 42.0 Å². The Kier molecular flexibility index (Phi) is 6.20. The lowest BCUT2D eigenvalue weighted by Crippen LogP contribution is -2.38. The summed E-state index contributed by atoms with van der Waals surface area (Å²) in [6, 6.07) is 9.59. The van der Waals surface area contributed by atoms with E-state index >= 15 is 0 Å². The third-order valence-corrected chi connectivity index (χ3v) is 5.93. The fourth-order valence-corrected chi connectivity index (χ4v) is 4.05. The van der Waals surface area contributed by atoms with Crippen molar-refractivity contribution in [3.05, 3.63) is 74.6 Å². The van der Waals surface area contributed by atoms with Crippen LogP contribution in [0.5, 0.6) is 5.75 Å². The average molecular weight is 450 g/mol. The molecule has 0 unspecified atom stereocenters. The van der Waals surface area contributed by atoms with E-state index in [2.05, 4.69) is 0 Å². The van der Waals surface area contributed by atoms with Crippen LogP contribution in [0.2, 0.25) is 0 Å². The molecule has 3 aromatic rings. The number of benzene rings is 2. The zero-order valence-corrected chi connectivity index (χ0v) is 18.9. The van der Waals surface area contributed by atoms with Crippen LogP contribution in [0.4, 0.5) is 0 Å². The summed E-state index contributed by atoms with van der Waals surface area (Å²) in [6.07, 6.45) is 0.524. The van der Waals surface area contributed by atoms with E-state index in [-0.39, 0.29) is 18.0 Å². The van der Waals surface area contributed by atoms with E-state index in [0.717, 1.165) is 23.1 Å². The van der Waals surface area contributed by atoms with Crippen molar-refractivity contribution < 1.29 is 23.8 Å². The molecule has 4 rings (SSSR count). The molecule has 172 valence electrons. The molecule has 1 N–H and O–H groups in total. The molecule has 1 amide bonds. The standard InChI is InChI=1S/C25H26N2O6/c1-15-21(32-13-12-26(2)3)9-8-19-18-10-11-27(14-20(18)25(31)33-22(15)19)23(28)16-4-6-17(7-5-16)24(29)30/h4-9H,10-14H2,1-3H3,(H,29,30). The topological polar surface area (TPSA) is 100 Å². The number of carbonyl (C=O) groups excluding carboxylic acids is 1. The molecule has 0 spiro atoms. The number of hydrogen-bond donors (Lipinski definition) is 1. The van der Waals surface area contributed by atoms with E-state index in [4.69, 9.17) is 14.3 Å². The van der Waals surface area contributed by atoms with Gasteiger partial charge in [0.15, 0.2) is 0 Å². The lowest BCUT2D eigenvalue weighted by atomic mass is 9.95. The number of amides is 1. The fourth-order valence-electron chi connectivity index (χ4n) is 4.05. The minimum Gasteiger partial charge on any atom is -0.492 e. The SMILES string of the molecule is Cc1c(OCCN(C)C)ccc2c3c(c(=O)oc12)CN(C(=O)c1ccc(C(=O)O)cc1)CC3. The number of aromatic carboxylic acids is 1. The number of carboxylic acid groups (broad SMARTS) is 1. The van der Waals surface area contributed by atoms with Crippen molar-refractivity contribution >= 4 is 22.8 Å². The maximum absolute atomic E-state index is 12.9. The smallest absolute Gasteiger partial charge is 0.341 e. The van der Waals surface area contributed by atoms with E-state index in [9.17, 15) is 14.4 Å². The monoisotopic (exact) mass is 450 g/mol. The zero-order chi connectivity index (χ0) is 23.7. The highest BCUT2D eigenvalue weighted by Crippen LogP contribution is 2.32. The molecule has 2 heterocycles. The summed E-state index contributed by atoms with van der Waals surface area (Å²) in [5.74, 6) is -0.616. The number of hydrogen-bond acceptors (Lipinski definition) is 6. The summed E-state index contributed by atoms with van der Waals surface area (Å²) in [5.41, 5.74) is 2.71. The molecule has 8 nitrogen and oxygen atoms in total. The Morgan fingerprint density at radius 2 is 1.79 bits per heavy atom. The lowest BCUT2D eigenvalue weighted by Gasteiger charge is -2.29. The molecule has 0 bridgehead atoms. The minimum atomic E-state index is -1.05. The number of carboxylic acids is 1. The van der Waals surface area contributed by atoms with Crippen LogP contribution >= 0.6 is 0 Å². The number of ether oxygens (including phenoxy) is 1. The van der Waals surface area contributed by atoms with Gasteiger partial charge in [-0.25, -0.2) is 9.59 Å². The summed E-state index contributed by atoms with van der Waals surface area (Å²) >= 11 is 0. The first-order chi connectivity index (χ1) is 15.8. The zero-order valence-electron chi connectivity index (χ0n) is 18.9. The van der Waals surface area contributed by atoms with Gasteiger partial charge < -0.3 is 24.1 Å². The van der Waals surface area contributed by atoms with E-state index < -0.39 is 11.6 Å². The predicted octanol–water partition coefficient (Wildman–Crippen LogP) is 2.94. The van der Waals surface area contributed by atoms with Gasteiger partial charge in [-0.1, -0.05) is 0 Å². The van der Waals surface area contributed by atoms with Crippen LogP contribution in [0, 0.1) is 6.92 Å². The molecule has 0 saturated heterocycles. The molecule has 8 heteroatoms. The normalized spacial score (nSPS) is 13.3. The first kappa shape index (κ1) is 22.5. The summed E-state index contributed by atoms with van der Waals surface area (Å²) < 4.78 is 11.6. The highest BCUT2D eigenvalue weighted by molar-refractivity contribution is 5.96. The molecule has 0 radical (unpaired) electrons. The maximum atomic E-state index is 12.9. The minimum absolute atomic E-state index is 0.114. The second-order valence-corrected chi connectivity index (χ2v) is 8.42. The van der Waals surface area contributed by atoms with Crippen LogP contribution in [0.15, 0.2) is 45.6 Å². The first-order valence-corrected chi connectivity index (χ1v) is 10.7. The molecule has 1 aliphatic heterocycles. The average Bonchev–Trinajstić information content (AvgIpc) is 2.80. The highest BCUT2D eigenvalue weighted by Gasteiger charge is 2.27. The maximum Gasteiger partial charge on any atom is 0.341 e. The third-order valence-electron chi connectivity index (χ3n) is 5.93. The third kappa shape index (κ3) is 4.47. The molecule has 0 saturated carbocycles. The van der Waals surface area contributed by atoms with Crippen molar-refractivity contribution in [1.82, 2.24) is 9.80 Å². The van der Waals surface area contributed by atoms with E-state index in [1.165, 1.54) is 24.3 Å². The van der Waals surface area contributed by atoms with Crippen molar-refractivity contribution in [1.29, 1.82) is 0 Å². The van der Waals surface area contributed by atoms with Crippen LogP contribution < -0.4 is 10.4 Å². The fraction of sp³-hybridized carbons (Fsp3) is 0.320. The predicted molar refractivity (Wildman–Crippen MR) is 123 cm³/mol. The van der Waals surface area contributed by atoms with Crippen LogP contribution in [-0.4, -0.2) is 60.6 Å². The van der Waals surface area contributed by atoms with Crippen molar-refractivity contribution in [3.63, 3.8) is 0 Å². The van der Waals surface area contributed by atoms with Gasteiger partial charge in [-0.05, 0) is 69.4 Å². The molecular formula is C25H26N2O6. The molecule has 1 aliphatic rings. The van der Waals surface area contributed by atoms with Crippen LogP contribution in [-0.2, 0) is 13.0 Å². The summed E-state index contributed by atoms with van der Waals surface area (Å²) in [4.78, 5) is 40.4. The molecule has 0 aliphatic carbocycles. The molecule has 33 heavy (non-hydrogen) atoms. The van der Waals surface area contributed by atoms with Crippen molar-refractivity contribution in [2.45, 2.75) is 19.9 Å². The van der Waals surface area contributed by atoms with Gasteiger partial charge in [0.2, 0.25) is 0 Å². The summed E-state index contributed by atoms with van der Waals surface area (Å²) in [7, 11) is 3.95. The van der Waals surface area contributed by atoms with E-state index in [1.807, 2.05) is 38.1 Å². The Morgan fingerprint density at radius 3 is 2.45 bits per heavy atom. The Hall–Kier alpha value is -3.65. The second kappa shape index (κ2) is 9.07. The molecule has 0 atom stereocenters. The highest BCUT2D eigenvalue weighted by atomic mass is 16.5. The lowest BCUT2D eigenvalue weighted by molar-refractivity contribution is 0.0692. The number of fused-ring (bicyclic) bond motifs is 3. The van der Waals surface area contributed by atoms with Gasteiger partial charge in [0.1, 0.15) is 17.9 Å². The van der Waals surface area contributed by atoms with Crippen molar-refractivity contribution in [2.75, 3.05) is 33.8 Å². The quantitative estimate of drug-likeness (QED) is 0.576. The number of carbonyl (C=O) groups is 2. The van der Waals surface area contributed by atoms with Gasteiger partial charge in [-0.2, -0.15) is 0 Å². The summed E-state index contributed by atoms with van der Waals surface area (Å²) in [5, 5.41) is 9.90. The van der Waals surface area contributed by atoms with Crippen molar-refractivity contribution in [3.8, 4) is 5.75 Å². The number of aryl methyl sites for hydroxylation is 1. The largest absolute Gasteiger partial charge is 0.492 e. The Morgan fingerprint density at radius 1 is 1.09 bits per heavy atom. The van der Waals surface area contributed by atoms with Crippen LogP contribution in [0.1, 0.15) is 37.4 Å². The second-order valence-electron chi connectivity index (χ2n) is 8.42. The molecule has 0 fully saturated rings. The number of likely N-dealkylation sites (N-methyl/N-ethyl adjacent to an activating group) is 1. The van der Waals surface area contributed by atoms with Gasteiger partial charge in [0.25, 0.3) is 5.91 Å². The van der Waals surface area contributed by atoms with Gasteiger partial charge >= 0.3 is 11.6 Å². The molecule has 2 aromatic carbocycles. The van der Waals surface area contributed by atoms with Gasteiger partial charge in [-0.3, -0.25) is 4.79 Å². The van der Waals surface area contributed by atoms with Crippen LogP contribution in [0.3, 0.4) is 0 Å². The first-order valence-electron chi connectivity index (χ1n) is 10.7. The van der Waals surface area contributed by atoms with Crippen LogP contribution in [0.25, 0.3) is 11.0 Å². The van der Waals surface area contributed by atoms with Crippen molar-refractivity contribution in [2.24, 2.45) is 0 Å². The van der Waals surface area contributed by atoms with Gasteiger partial charge in [-0.15, -0.1) is 0 Å². The number of nitrogens with zero attached hydrogens (tertiary/aromatic N) is 2. The molecule has 1 aromatic heterocycles.